The molecule has 1 aliphatic heterocycles. The number of thioether (sulfide) groups is 1. The van der Waals surface area contributed by atoms with Crippen LogP contribution in [0.4, 0.5) is 5.95 Å². The fourth-order valence-electron chi connectivity index (χ4n) is 3.88. The molecule has 1 aliphatic rings. The average molecular weight is 452 g/mol. The molecule has 7 nitrogen and oxygen atoms in total. The second kappa shape index (κ2) is 11.0. The first-order valence-corrected chi connectivity index (χ1v) is 12.0. The number of hydrogen-bond donors (Lipinski definition) is 1. The molecule has 0 spiro atoms. The molecule has 1 saturated heterocycles. The van der Waals surface area contributed by atoms with Gasteiger partial charge in [-0.25, -0.2) is 0 Å². The number of nitrogens with one attached hydrogen (secondary N) is 1. The van der Waals surface area contributed by atoms with Crippen LogP contribution in [0.1, 0.15) is 24.8 Å². The Morgan fingerprint density at radius 1 is 1.03 bits per heavy atom. The molecule has 4 rings (SSSR count). The van der Waals surface area contributed by atoms with E-state index in [-0.39, 0.29) is 11.7 Å². The first-order valence-electron chi connectivity index (χ1n) is 11.0. The molecule has 0 radical (unpaired) electrons. The van der Waals surface area contributed by atoms with Crippen LogP contribution in [0, 0.1) is 0 Å². The maximum absolute atomic E-state index is 12.5. The maximum atomic E-state index is 12.5. The van der Waals surface area contributed by atoms with E-state index in [2.05, 4.69) is 25.0 Å². The lowest BCUT2D eigenvalue weighted by atomic mass is 10.1. The van der Waals surface area contributed by atoms with Gasteiger partial charge in [0.1, 0.15) is 5.75 Å². The van der Waals surface area contributed by atoms with Gasteiger partial charge in [-0.15, -0.1) is 10.2 Å². The van der Waals surface area contributed by atoms with Crippen LogP contribution in [0.3, 0.4) is 0 Å². The summed E-state index contributed by atoms with van der Waals surface area (Å²) in [5.74, 6) is 1.97. The molecule has 0 atom stereocenters. The quantitative estimate of drug-likeness (QED) is 0.500. The van der Waals surface area contributed by atoms with Gasteiger partial charge in [0.15, 0.2) is 5.16 Å². The van der Waals surface area contributed by atoms with E-state index in [4.69, 9.17) is 4.74 Å². The van der Waals surface area contributed by atoms with Crippen molar-refractivity contribution in [3.63, 3.8) is 0 Å². The average Bonchev–Trinajstić information content (AvgIpc) is 3.28. The number of carbonyl (C=O) groups is 1. The van der Waals surface area contributed by atoms with Crippen molar-refractivity contribution in [3.05, 3.63) is 60.2 Å². The molecular formula is C24H29N5O2S. The van der Waals surface area contributed by atoms with Gasteiger partial charge in [-0.05, 0) is 49.4 Å². The first-order chi connectivity index (χ1) is 15.8. The van der Waals surface area contributed by atoms with Crippen molar-refractivity contribution in [3.8, 4) is 11.4 Å². The lowest BCUT2D eigenvalue weighted by Gasteiger charge is -2.27. The predicted molar refractivity (Wildman–Crippen MR) is 128 cm³/mol. The number of hydrogen-bond acceptors (Lipinski definition) is 6. The van der Waals surface area contributed by atoms with Crippen molar-refractivity contribution >= 4 is 23.6 Å². The van der Waals surface area contributed by atoms with Crippen LogP contribution in [0.25, 0.3) is 5.69 Å². The molecule has 0 unspecified atom stereocenters. The molecule has 168 valence electrons. The third kappa shape index (κ3) is 5.43. The highest BCUT2D eigenvalue weighted by molar-refractivity contribution is 7.99. The first kappa shape index (κ1) is 22.2. The highest BCUT2D eigenvalue weighted by Crippen LogP contribution is 2.28. The monoisotopic (exact) mass is 451 g/mol. The van der Waals surface area contributed by atoms with Crippen molar-refractivity contribution < 1.29 is 9.53 Å². The van der Waals surface area contributed by atoms with Crippen molar-refractivity contribution in [1.29, 1.82) is 0 Å². The number of benzene rings is 2. The third-order valence-electron chi connectivity index (χ3n) is 5.51. The zero-order chi connectivity index (χ0) is 22.2. The van der Waals surface area contributed by atoms with Gasteiger partial charge in [0, 0.05) is 19.6 Å². The van der Waals surface area contributed by atoms with E-state index < -0.39 is 0 Å². The van der Waals surface area contributed by atoms with Crippen LogP contribution in [-0.4, -0.2) is 53.2 Å². The molecule has 0 saturated carbocycles. The van der Waals surface area contributed by atoms with Gasteiger partial charge >= 0.3 is 0 Å². The summed E-state index contributed by atoms with van der Waals surface area (Å²) in [5.41, 5.74) is 2.09. The summed E-state index contributed by atoms with van der Waals surface area (Å²) in [6.45, 7) is 2.53. The number of rotatable bonds is 9. The molecular weight excluding hydrogens is 422 g/mol. The number of anilines is 1. The van der Waals surface area contributed by atoms with Crippen molar-refractivity contribution in [2.45, 2.75) is 30.8 Å². The number of nitrogens with zero attached hydrogens (tertiary/aromatic N) is 4. The minimum atomic E-state index is -0.0213. The van der Waals surface area contributed by atoms with Gasteiger partial charge in [0.25, 0.3) is 0 Å². The third-order valence-corrected chi connectivity index (χ3v) is 6.44. The Bertz CT molecular complexity index is 1020. The Labute approximate surface area is 193 Å². The van der Waals surface area contributed by atoms with Gasteiger partial charge < -0.3 is 15.0 Å². The molecule has 0 aliphatic carbocycles. The maximum Gasteiger partial charge on any atom is 0.232 e. The van der Waals surface area contributed by atoms with Crippen LogP contribution < -0.4 is 15.0 Å². The van der Waals surface area contributed by atoms with Crippen molar-refractivity contribution in [2.24, 2.45) is 0 Å². The minimum absolute atomic E-state index is 0.0213. The number of aromatic nitrogens is 3. The second-order valence-electron chi connectivity index (χ2n) is 7.70. The second-order valence-corrected chi connectivity index (χ2v) is 8.64. The number of para-hydroxylation sites is 2. The molecule has 1 fully saturated rings. The normalized spacial score (nSPS) is 13.7. The Balaban J connectivity index is 1.39. The number of piperidine rings is 1. The molecule has 1 aromatic heterocycles. The topological polar surface area (TPSA) is 72.3 Å². The number of ether oxygens (including phenoxy) is 1. The number of carbonyl (C=O) groups excluding carboxylic acids is 1. The van der Waals surface area contributed by atoms with Crippen LogP contribution in [0.2, 0.25) is 0 Å². The van der Waals surface area contributed by atoms with E-state index in [1.807, 2.05) is 54.6 Å². The summed E-state index contributed by atoms with van der Waals surface area (Å²) < 4.78 is 7.44. The Kier molecular flexibility index (Phi) is 7.66. The SMILES string of the molecule is COc1ccccc1CCNC(=O)CSc1nnc(N2CCCCC2)n1-c1ccccc1. The zero-order valence-corrected chi connectivity index (χ0v) is 19.2. The molecule has 32 heavy (non-hydrogen) atoms. The lowest BCUT2D eigenvalue weighted by molar-refractivity contribution is -0.118. The smallest absolute Gasteiger partial charge is 0.232 e. The summed E-state index contributed by atoms with van der Waals surface area (Å²) in [4.78, 5) is 14.8. The minimum Gasteiger partial charge on any atom is -0.496 e. The van der Waals surface area contributed by atoms with Crippen LogP contribution >= 0.6 is 11.8 Å². The zero-order valence-electron chi connectivity index (χ0n) is 18.4. The van der Waals surface area contributed by atoms with Crippen LogP contribution in [-0.2, 0) is 11.2 Å². The number of methoxy groups -OCH3 is 1. The van der Waals surface area contributed by atoms with E-state index in [9.17, 15) is 4.79 Å². The van der Waals surface area contributed by atoms with Crippen molar-refractivity contribution in [2.75, 3.05) is 37.4 Å². The van der Waals surface area contributed by atoms with Gasteiger partial charge in [-0.1, -0.05) is 48.2 Å². The van der Waals surface area contributed by atoms with Gasteiger partial charge in [-0.2, -0.15) is 0 Å². The number of amides is 1. The predicted octanol–water partition coefficient (Wildman–Crippen LogP) is 3.72. The van der Waals surface area contributed by atoms with E-state index in [1.165, 1.54) is 31.0 Å². The summed E-state index contributed by atoms with van der Waals surface area (Å²) in [6, 6.07) is 18.0. The van der Waals surface area contributed by atoms with Gasteiger partial charge in [0.05, 0.1) is 18.6 Å². The summed E-state index contributed by atoms with van der Waals surface area (Å²) in [6.07, 6.45) is 4.31. The van der Waals surface area contributed by atoms with Crippen LogP contribution in [0.15, 0.2) is 59.8 Å². The van der Waals surface area contributed by atoms with E-state index in [0.717, 1.165) is 47.6 Å². The Hall–Kier alpha value is -3.00. The Morgan fingerprint density at radius 3 is 2.56 bits per heavy atom. The van der Waals surface area contributed by atoms with Crippen LogP contribution in [0.5, 0.6) is 5.75 Å². The lowest BCUT2D eigenvalue weighted by Crippen LogP contribution is -2.31. The Morgan fingerprint density at radius 2 is 1.78 bits per heavy atom. The van der Waals surface area contributed by atoms with E-state index in [0.29, 0.717) is 6.54 Å². The van der Waals surface area contributed by atoms with E-state index in [1.54, 1.807) is 7.11 Å². The molecule has 2 aromatic carbocycles. The molecule has 1 N–H and O–H groups in total. The molecule has 3 aromatic rings. The highest BCUT2D eigenvalue weighted by atomic mass is 32.2. The summed E-state index contributed by atoms with van der Waals surface area (Å²) in [5, 5.41) is 12.6. The fourth-order valence-corrected chi connectivity index (χ4v) is 4.66. The largest absolute Gasteiger partial charge is 0.496 e. The molecule has 2 heterocycles. The van der Waals surface area contributed by atoms with E-state index >= 15 is 0 Å². The molecule has 0 bridgehead atoms. The van der Waals surface area contributed by atoms with Crippen molar-refractivity contribution in [1.82, 2.24) is 20.1 Å². The molecule has 8 heteroatoms. The highest BCUT2D eigenvalue weighted by Gasteiger charge is 2.22. The van der Waals surface area contributed by atoms with Gasteiger partial charge in [0.2, 0.25) is 11.9 Å². The summed E-state index contributed by atoms with van der Waals surface area (Å²) in [7, 11) is 1.66. The fraction of sp³-hybridized carbons (Fsp3) is 0.375. The standard InChI is InChI=1S/C24H29N5O2S/c1-31-21-13-7-6-10-19(21)14-15-25-22(30)18-32-24-27-26-23(28-16-8-3-9-17-28)29(24)20-11-4-2-5-12-20/h2,4-7,10-13H,3,8-9,14-18H2,1H3,(H,25,30). The van der Waals surface area contributed by atoms with Gasteiger partial charge in [-0.3, -0.25) is 9.36 Å². The molecule has 1 amide bonds. The summed E-state index contributed by atoms with van der Waals surface area (Å²) >= 11 is 1.41.